The van der Waals surface area contributed by atoms with Crippen molar-refractivity contribution in [2.45, 2.75) is 19.1 Å². The number of fused-ring (bicyclic) bond motifs is 1. The summed E-state index contributed by atoms with van der Waals surface area (Å²) < 4.78 is 5.55. The zero-order valence-electron chi connectivity index (χ0n) is 12.1. The molecule has 0 saturated carbocycles. The Hall–Kier alpha value is -1.72. The highest BCUT2D eigenvalue weighted by Crippen LogP contribution is 2.24. The monoisotopic (exact) mass is 272 g/mol. The molecule has 1 aliphatic heterocycles. The van der Waals surface area contributed by atoms with E-state index in [0.29, 0.717) is 0 Å². The number of methoxy groups -OCH3 is 1. The lowest BCUT2D eigenvalue weighted by atomic mass is 10.1. The molecule has 2 aromatic rings. The number of likely N-dealkylation sites (N-methyl/N-ethyl adjacent to an activating group) is 1. The van der Waals surface area contributed by atoms with E-state index in [1.165, 1.54) is 0 Å². The molecule has 1 aromatic heterocycles. The van der Waals surface area contributed by atoms with Crippen molar-refractivity contribution in [2.75, 3.05) is 32.6 Å². The lowest BCUT2D eigenvalue weighted by Gasteiger charge is -2.20. The van der Waals surface area contributed by atoms with E-state index in [-0.39, 0.29) is 12.1 Å². The van der Waals surface area contributed by atoms with Crippen LogP contribution in [0, 0.1) is 6.92 Å². The van der Waals surface area contributed by atoms with Crippen molar-refractivity contribution in [3.05, 3.63) is 30.0 Å². The Kier molecular flexibility index (Phi) is 3.54. The first-order chi connectivity index (χ1) is 9.69. The number of ether oxygens (including phenoxy) is 1. The lowest BCUT2D eigenvalue weighted by molar-refractivity contribution is 0.104. The van der Waals surface area contributed by atoms with Crippen LogP contribution in [0.5, 0.6) is 0 Å². The van der Waals surface area contributed by atoms with Gasteiger partial charge < -0.3 is 15.0 Å². The molecule has 0 spiro atoms. The predicted molar refractivity (Wildman–Crippen MR) is 80.0 cm³/mol. The normalized spacial score (nSPS) is 23.4. The van der Waals surface area contributed by atoms with Gasteiger partial charge in [-0.1, -0.05) is 24.3 Å². The van der Waals surface area contributed by atoms with Crippen LogP contribution in [0.25, 0.3) is 10.8 Å². The Morgan fingerprint density at radius 1 is 1.20 bits per heavy atom. The topological polar surface area (TPSA) is 50.3 Å². The van der Waals surface area contributed by atoms with E-state index in [1.54, 1.807) is 7.11 Å². The first kappa shape index (κ1) is 13.3. The molecule has 1 aromatic carbocycles. The van der Waals surface area contributed by atoms with Crippen LogP contribution in [-0.4, -0.2) is 54.5 Å². The average molecular weight is 272 g/mol. The van der Waals surface area contributed by atoms with Gasteiger partial charge in [0.25, 0.3) is 0 Å². The number of anilines is 1. The number of rotatable bonds is 3. The fourth-order valence-electron chi connectivity index (χ4n) is 2.86. The average Bonchev–Trinajstić information content (AvgIpc) is 2.82. The Labute approximate surface area is 118 Å². The van der Waals surface area contributed by atoms with Gasteiger partial charge in [-0.25, -0.2) is 0 Å². The number of likely N-dealkylation sites (tertiary alicyclic amines) is 1. The maximum absolute atomic E-state index is 5.55. The van der Waals surface area contributed by atoms with E-state index >= 15 is 0 Å². The number of hydrogen-bond donors (Lipinski definition) is 1. The van der Waals surface area contributed by atoms with Gasteiger partial charge in [-0.05, 0) is 14.0 Å². The van der Waals surface area contributed by atoms with Crippen LogP contribution in [0.3, 0.4) is 0 Å². The highest BCUT2D eigenvalue weighted by atomic mass is 16.5. The van der Waals surface area contributed by atoms with E-state index in [0.717, 1.165) is 35.4 Å². The SMILES string of the molecule is CO[C@H]1CN(C)C[C@@H]1Nc1nnc(C)c2ccccc12. The standard InChI is InChI=1S/C15H20N4O/c1-10-11-6-4-5-7-12(11)15(18-17-10)16-13-8-19(2)9-14(13)20-3/h4-7,13-14H,8-9H2,1-3H3,(H,16,18)/t13-,14-/m0/s1. The molecule has 1 N–H and O–H groups in total. The summed E-state index contributed by atoms with van der Waals surface area (Å²) in [6.07, 6.45) is 0.182. The van der Waals surface area contributed by atoms with Gasteiger partial charge in [-0.3, -0.25) is 0 Å². The fraction of sp³-hybridized carbons (Fsp3) is 0.467. The summed E-state index contributed by atoms with van der Waals surface area (Å²) >= 11 is 0. The largest absolute Gasteiger partial charge is 0.378 e. The fourth-order valence-corrected chi connectivity index (χ4v) is 2.86. The van der Waals surface area contributed by atoms with E-state index in [4.69, 9.17) is 4.74 Å². The van der Waals surface area contributed by atoms with Gasteiger partial charge in [0.15, 0.2) is 5.82 Å². The first-order valence-electron chi connectivity index (χ1n) is 6.89. The molecular formula is C15H20N4O. The quantitative estimate of drug-likeness (QED) is 0.921. The molecule has 0 aliphatic carbocycles. The van der Waals surface area contributed by atoms with Gasteiger partial charge in [0, 0.05) is 31.0 Å². The summed E-state index contributed by atoms with van der Waals surface area (Å²) in [6.45, 7) is 3.87. The molecular weight excluding hydrogens is 252 g/mol. The number of benzene rings is 1. The van der Waals surface area contributed by atoms with Crippen LogP contribution < -0.4 is 5.32 Å². The second-order valence-electron chi connectivity index (χ2n) is 5.43. The molecule has 0 amide bonds. The molecule has 3 rings (SSSR count). The molecule has 0 bridgehead atoms. The Bertz CT molecular complexity index is 616. The minimum absolute atomic E-state index is 0.182. The molecule has 0 radical (unpaired) electrons. The number of aryl methyl sites for hydroxylation is 1. The minimum atomic E-state index is 0.182. The van der Waals surface area contributed by atoms with Gasteiger partial charge >= 0.3 is 0 Å². The van der Waals surface area contributed by atoms with Crippen molar-refractivity contribution in [1.29, 1.82) is 0 Å². The van der Waals surface area contributed by atoms with Crippen LogP contribution in [0.1, 0.15) is 5.69 Å². The molecule has 5 nitrogen and oxygen atoms in total. The third-order valence-corrected chi connectivity index (χ3v) is 3.95. The van der Waals surface area contributed by atoms with Gasteiger partial charge in [-0.2, -0.15) is 5.10 Å². The van der Waals surface area contributed by atoms with Crippen molar-refractivity contribution >= 4 is 16.6 Å². The highest BCUT2D eigenvalue weighted by molar-refractivity contribution is 5.92. The first-order valence-corrected chi connectivity index (χ1v) is 6.89. The van der Waals surface area contributed by atoms with Crippen molar-refractivity contribution in [3.8, 4) is 0 Å². The summed E-state index contributed by atoms with van der Waals surface area (Å²) in [5, 5.41) is 14.3. The summed E-state index contributed by atoms with van der Waals surface area (Å²) in [4.78, 5) is 2.26. The maximum atomic E-state index is 5.55. The summed E-state index contributed by atoms with van der Waals surface area (Å²) in [5.74, 6) is 0.841. The molecule has 2 atom stereocenters. The van der Waals surface area contributed by atoms with Crippen LogP contribution in [0.15, 0.2) is 24.3 Å². The zero-order chi connectivity index (χ0) is 14.1. The van der Waals surface area contributed by atoms with Crippen molar-refractivity contribution in [3.63, 3.8) is 0 Å². The second-order valence-corrected chi connectivity index (χ2v) is 5.43. The molecule has 0 unspecified atom stereocenters. The van der Waals surface area contributed by atoms with E-state index in [9.17, 15) is 0 Å². The summed E-state index contributed by atoms with van der Waals surface area (Å²) in [6, 6.07) is 8.47. The van der Waals surface area contributed by atoms with Crippen molar-refractivity contribution in [2.24, 2.45) is 0 Å². The Morgan fingerprint density at radius 3 is 2.70 bits per heavy atom. The van der Waals surface area contributed by atoms with Crippen molar-refractivity contribution < 1.29 is 4.74 Å². The number of aromatic nitrogens is 2. The van der Waals surface area contributed by atoms with E-state index < -0.39 is 0 Å². The number of nitrogens with one attached hydrogen (secondary N) is 1. The molecule has 5 heteroatoms. The molecule has 1 saturated heterocycles. The van der Waals surface area contributed by atoms with Gasteiger partial charge in [0.1, 0.15) is 0 Å². The van der Waals surface area contributed by atoms with E-state index in [2.05, 4.69) is 39.6 Å². The predicted octanol–water partition coefficient (Wildman–Crippen LogP) is 1.68. The van der Waals surface area contributed by atoms with Gasteiger partial charge in [0.2, 0.25) is 0 Å². The zero-order valence-corrected chi connectivity index (χ0v) is 12.1. The number of hydrogen-bond acceptors (Lipinski definition) is 5. The van der Waals surface area contributed by atoms with Crippen LogP contribution in [0.4, 0.5) is 5.82 Å². The smallest absolute Gasteiger partial charge is 0.156 e. The van der Waals surface area contributed by atoms with Crippen LogP contribution >= 0.6 is 0 Å². The van der Waals surface area contributed by atoms with Crippen molar-refractivity contribution in [1.82, 2.24) is 15.1 Å². The number of nitrogens with zero attached hydrogens (tertiary/aromatic N) is 3. The molecule has 1 fully saturated rings. The van der Waals surface area contributed by atoms with Gasteiger partial charge in [0.05, 0.1) is 17.8 Å². The molecule has 2 heterocycles. The van der Waals surface area contributed by atoms with Gasteiger partial charge in [-0.15, -0.1) is 5.10 Å². The third kappa shape index (κ3) is 2.34. The van der Waals surface area contributed by atoms with Crippen LogP contribution in [-0.2, 0) is 4.74 Å². The maximum Gasteiger partial charge on any atom is 0.156 e. The molecule has 106 valence electrons. The summed E-state index contributed by atoms with van der Waals surface area (Å²) in [5.41, 5.74) is 0.956. The summed E-state index contributed by atoms with van der Waals surface area (Å²) in [7, 11) is 3.87. The Balaban J connectivity index is 1.93. The third-order valence-electron chi connectivity index (χ3n) is 3.95. The lowest BCUT2D eigenvalue weighted by Crippen LogP contribution is -2.34. The molecule has 20 heavy (non-hydrogen) atoms. The Morgan fingerprint density at radius 2 is 1.95 bits per heavy atom. The van der Waals surface area contributed by atoms with E-state index in [1.807, 2.05) is 19.1 Å². The minimum Gasteiger partial charge on any atom is -0.378 e. The molecule has 1 aliphatic rings. The van der Waals surface area contributed by atoms with Crippen LogP contribution in [0.2, 0.25) is 0 Å². The highest BCUT2D eigenvalue weighted by Gasteiger charge is 2.31. The second kappa shape index (κ2) is 5.34.